The molecule has 0 N–H and O–H groups in total. The Kier molecular flexibility index (Phi) is 9.53. The maximum absolute atomic E-state index is 11.8. The summed E-state index contributed by atoms with van der Waals surface area (Å²) in [7, 11) is 1.65. The molecule has 1 unspecified atom stereocenters. The van der Waals surface area contributed by atoms with Gasteiger partial charge in [0.25, 0.3) is 0 Å². The number of carbonyl (C=O) groups is 1. The van der Waals surface area contributed by atoms with Crippen molar-refractivity contribution < 1.29 is 23.8 Å². The third-order valence-electron chi connectivity index (χ3n) is 4.81. The Balaban J connectivity index is 1.79. The van der Waals surface area contributed by atoms with Gasteiger partial charge in [0.2, 0.25) is 6.10 Å². The van der Waals surface area contributed by atoms with Crippen molar-refractivity contribution in [2.45, 2.75) is 26.4 Å². The van der Waals surface area contributed by atoms with Crippen LogP contribution in [-0.4, -0.2) is 32.0 Å². The second-order valence-corrected chi connectivity index (χ2v) is 8.84. The van der Waals surface area contributed by atoms with Crippen LogP contribution < -0.4 is 9.47 Å². The molecular formula is C26H25Br2NO5. The molecular weight excluding hydrogens is 566 g/mol. The molecule has 0 aromatic heterocycles. The van der Waals surface area contributed by atoms with E-state index in [0.717, 1.165) is 31.4 Å². The number of methoxy groups -OCH3 is 1. The van der Waals surface area contributed by atoms with Crippen LogP contribution in [0, 0.1) is 0 Å². The molecule has 0 aliphatic rings. The third-order valence-corrected chi connectivity index (χ3v) is 5.98. The normalized spacial score (nSPS) is 11.8. The zero-order valence-electron chi connectivity index (χ0n) is 19.1. The van der Waals surface area contributed by atoms with Gasteiger partial charge in [0.15, 0.2) is 5.75 Å². The summed E-state index contributed by atoms with van der Waals surface area (Å²) in [5.41, 5.74) is 2.72. The van der Waals surface area contributed by atoms with Crippen molar-refractivity contribution in [1.82, 2.24) is 0 Å². The molecule has 3 aromatic carbocycles. The lowest BCUT2D eigenvalue weighted by Crippen LogP contribution is -2.24. The molecule has 0 saturated heterocycles. The van der Waals surface area contributed by atoms with Gasteiger partial charge in [-0.05, 0) is 86.7 Å². The highest BCUT2D eigenvalue weighted by Gasteiger charge is 2.19. The minimum atomic E-state index is -0.737. The molecule has 0 bridgehead atoms. The number of rotatable bonds is 10. The average molecular weight is 591 g/mol. The maximum atomic E-state index is 11.8. The first-order chi connectivity index (χ1) is 16.5. The van der Waals surface area contributed by atoms with E-state index in [1.54, 1.807) is 14.0 Å². The molecule has 0 spiro atoms. The lowest BCUT2D eigenvalue weighted by Gasteiger charge is -2.14. The monoisotopic (exact) mass is 589 g/mol. The number of halogens is 2. The Morgan fingerprint density at radius 3 is 2.35 bits per heavy atom. The predicted octanol–water partition coefficient (Wildman–Crippen LogP) is 7.37. The highest BCUT2D eigenvalue weighted by atomic mass is 79.9. The van der Waals surface area contributed by atoms with Crippen molar-refractivity contribution in [1.29, 1.82) is 0 Å². The Morgan fingerprint density at radius 1 is 1.03 bits per heavy atom. The van der Waals surface area contributed by atoms with Crippen LogP contribution in [0.15, 0.2) is 74.8 Å². The van der Waals surface area contributed by atoms with E-state index < -0.39 is 12.1 Å². The van der Waals surface area contributed by atoms with Gasteiger partial charge in [-0.3, -0.25) is 0 Å². The number of hydrogen-bond donors (Lipinski definition) is 0. The SMILES string of the molecule is CCOC(=O)C(CC)O/N=C/c1cc(Br)c(Oc2ccc(OC)c(-c3ccccc3)c2)c(Br)c1. The van der Waals surface area contributed by atoms with Crippen molar-refractivity contribution in [3.05, 3.63) is 75.2 Å². The lowest BCUT2D eigenvalue weighted by molar-refractivity contribution is -0.156. The molecule has 3 aromatic rings. The van der Waals surface area contributed by atoms with Crippen LogP contribution in [0.4, 0.5) is 0 Å². The molecule has 0 fully saturated rings. The van der Waals surface area contributed by atoms with Crippen molar-refractivity contribution in [3.8, 4) is 28.4 Å². The molecule has 0 aliphatic heterocycles. The van der Waals surface area contributed by atoms with Crippen molar-refractivity contribution in [3.63, 3.8) is 0 Å². The number of hydrogen-bond acceptors (Lipinski definition) is 6. The van der Waals surface area contributed by atoms with Gasteiger partial charge in [0, 0.05) is 5.56 Å². The molecule has 0 radical (unpaired) electrons. The van der Waals surface area contributed by atoms with Gasteiger partial charge < -0.3 is 19.0 Å². The molecule has 0 amide bonds. The van der Waals surface area contributed by atoms with E-state index in [9.17, 15) is 4.79 Å². The van der Waals surface area contributed by atoms with Crippen molar-refractivity contribution in [2.24, 2.45) is 5.16 Å². The first-order valence-electron chi connectivity index (χ1n) is 10.7. The van der Waals surface area contributed by atoms with Crippen LogP contribution >= 0.6 is 31.9 Å². The molecule has 6 nitrogen and oxygen atoms in total. The topological polar surface area (TPSA) is 66.4 Å². The zero-order valence-corrected chi connectivity index (χ0v) is 22.3. The Bertz CT molecular complexity index is 1130. The fourth-order valence-electron chi connectivity index (χ4n) is 3.15. The second-order valence-electron chi connectivity index (χ2n) is 7.13. The quantitative estimate of drug-likeness (QED) is 0.140. The van der Waals surface area contributed by atoms with Gasteiger partial charge in [0.05, 0.1) is 28.9 Å². The summed E-state index contributed by atoms with van der Waals surface area (Å²) < 4.78 is 18.1. The van der Waals surface area contributed by atoms with E-state index in [2.05, 4.69) is 37.0 Å². The number of nitrogens with zero attached hydrogens (tertiary/aromatic N) is 1. The molecule has 3 rings (SSSR count). The van der Waals surface area contributed by atoms with Crippen LogP contribution in [0.1, 0.15) is 25.8 Å². The van der Waals surface area contributed by atoms with Crippen LogP contribution in [0.5, 0.6) is 17.2 Å². The van der Waals surface area contributed by atoms with E-state index in [1.165, 1.54) is 6.21 Å². The van der Waals surface area contributed by atoms with Crippen LogP contribution in [0.25, 0.3) is 11.1 Å². The number of esters is 1. The standard InChI is InChI=1S/C26H25Br2NO5/c1-4-23(26(30)32-5-2)34-29-16-17-13-21(27)25(22(28)14-17)33-19-11-12-24(31-3)20(15-19)18-9-7-6-8-10-18/h6-16,23H,4-5H2,1-3H3/b29-16+. The highest BCUT2D eigenvalue weighted by Crippen LogP contribution is 2.40. The molecule has 0 aliphatic carbocycles. The van der Waals surface area contributed by atoms with Crippen LogP contribution in [-0.2, 0) is 14.4 Å². The molecule has 8 heteroatoms. The van der Waals surface area contributed by atoms with Crippen molar-refractivity contribution >= 4 is 44.0 Å². The highest BCUT2D eigenvalue weighted by molar-refractivity contribution is 9.11. The Labute approximate surface area is 216 Å². The number of oxime groups is 1. The number of ether oxygens (including phenoxy) is 3. The van der Waals surface area contributed by atoms with Gasteiger partial charge in [0.1, 0.15) is 11.5 Å². The van der Waals surface area contributed by atoms with E-state index >= 15 is 0 Å². The summed E-state index contributed by atoms with van der Waals surface area (Å²) in [4.78, 5) is 17.2. The Hall–Kier alpha value is -2.84. The van der Waals surface area contributed by atoms with E-state index in [4.69, 9.17) is 19.0 Å². The summed E-state index contributed by atoms with van der Waals surface area (Å²) in [6, 6.07) is 19.3. The van der Waals surface area contributed by atoms with Crippen LogP contribution in [0.3, 0.4) is 0 Å². The van der Waals surface area contributed by atoms with E-state index in [0.29, 0.717) is 24.5 Å². The summed E-state index contributed by atoms with van der Waals surface area (Å²) in [6.07, 6.45) is 1.25. The molecule has 0 saturated carbocycles. The lowest BCUT2D eigenvalue weighted by atomic mass is 10.0. The van der Waals surface area contributed by atoms with Gasteiger partial charge >= 0.3 is 5.97 Å². The van der Waals surface area contributed by atoms with Gasteiger partial charge in [-0.25, -0.2) is 4.79 Å². The minimum Gasteiger partial charge on any atom is -0.496 e. The van der Waals surface area contributed by atoms with E-state index in [1.807, 2.05) is 67.6 Å². The fraction of sp³-hybridized carbons (Fsp3) is 0.231. The van der Waals surface area contributed by atoms with Crippen LogP contribution in [0.2, 0.25) is 0 Å². The smallest absolute Gasteiger partial charge is 0.350 e. The number of benzene rings is 3. The van der Waals surface area contributed by atoms with Crippen molar-refractivity contribution in [2.75, 3.05) is 13.7 Å². The summed E-state index contributed by atoms with van der Waals surface area (Å²) in [6.45, 7) is 3.88. The van der Waals surface area contributed by atoms with Gasteiger partial charge in [-0.1, -0.05) is 42.4 Å². The second kappa shape index (κ2) is 12.6. The molecule has 178 valence electrons. The van der Waals surface area contributed by atoms with Gasteiger partial charge in [-0.15, -0.1) is 0 Å². The first kappa shape index (κ1) is 25.8. The summed E-state index contributed by atoms with van der Waals surface area (Å²) in [5.74, 6) is 1.60. The number of carbonyl (C=O) groups excluding carboxylic acids is 1. The maximum Gasteiger partial charge on any atom is 0.350 e. The first-order valence-corrected chi connectivity index (χ1v) is 12.3. The van der Waals surface area contributed by atoms with Gasteiger partial charge in [-0.2, -0.15) is 0 Å². The molecule has 0 heterocycles. The molecule has 34 heavy (non-hydrogen) atoms. The third kappa shape index (κ3) is 6.61. The predicted molar refractivity (Wildman–Crippen MR) is 140 cm³/mol. The summed E-state index contributed by atoms with van der Waals surface area (Å²) >= 11 is 7.14. The summed E-state index contributed by atoms with van der Waals surface area (Å²) in [5, 5.41) is 3.95. The zero-order chi connectivity index (χ0) is 24.5. The fourth-order valence-corrected chi connectivity index (χ4v) is 4.53. The Morgan fingerprint density at radius 2 is 1.74 bits per heavy atom. The largest absolute Gasteiger partial charge is 0.496 e. The van der Waals surface area contributed by atoms with E-state index in [-0.39, 0.29) is 0 Å². The minimum absolute atomic E-state index is 0.296. The molecule has 1 atom stereocenters. The average Bonchev–Trinajstić information content (AvgIpc) is 2.84.